The van der Waals surface area contributed by atoms with E-state index in [1.165, 1.54) is 0 Å². The number of aliphatic hydroxyl groups is 1. The Hall–Kier alpha value is -2.53. The highest BCUT2D eigenvalue weighted by Crippen LogP contribution is 2.30. The van der Waals surface area contributed by atoms with Gasteiger partial charge in [-0.25, -0.2) is 4.79 Å². The van der Waals surface area contributed by atoms with Gasteiger partial charge < -0.3 is 20.1 Å². The maximum atomic E-state index is 12.5. The first-order chi connectivity index (χ1) is 12.2. The van der Waals surface area contributed by atoms with Crippen molar-refractivity contribution in [2.24, 2.45) is 5.92 Å². The Morgan fingerprint density at radius 1 is 1.20 bits per heavy atom. The summed E-state index contributed by atoms with van der Waals surface area (Å²) in [6, 6.07) is 15.1. The maximum Gasteiger partial charge on any atom is 0.321 e. The number of ether oxygens (including phenoxy) is 1. The lowest BCUT2D eigenvalue weighted by molar-refractivity contribution is 0.143. The third kappa shape index (κ3) is 4.51. The van der Waals surface area contributed by atoms with Gasteiger partial charge in [0.05, 0.1) is 5.69 Å². The summed E-state index contributed by atoms with van der Waals surface area (Å²) in [6.07, 6.45) is 1.68. The quantitative estimate of drug-likeness (QED) is 0.883. The smallest absolute Gasteiger partial charge is 0.321 e. The summed E-state index contributed by atoms with van der Waals surface area (Å²) in [4.78, 5) is 14.3. The standard InChI is InChI=1S/C20H24N2O3/c1-15-5-4-6-17(13-15)25-19-8-3-2-7-18(19)21-20(24)22-11-9-16(14-23)10-12-22/h2-8,13,16,23H,9-12,14H2,1H3,(H,21,24). The van der Waals surface area contributed by atoms with E-state index < -0.39 is 0 Å². The zero-order valence-electron chi connectivity index (χ0n) is 14.4. The van der Waals surface area contributed by atoms with Crippen LogP contribution < -0.4 is 10.1 Å². The average Bonchev–Trinajstić information content (AvgIpc) is 2.63. The molecular weight excluding hydrogens is 316 g/mol. The molecule has 1 fully saturated rings. The van der Waals surface area contributed by atoms with E-state index in [4.69, 9.17) is 4.74 Å². The second kappa shape index (κ2) is 8.03. The molecule has 0 unspecified atom stereocenters. The van der Waals surface area contributed by atoms with Crippen LogP contribution in [-0.4, -0.2) is 35.7 Å². The molecule has 5 nitrogen and oxygen atoms in total. The largest absolute Gasteiger partial charge is 0.455 e. The molecule has 0 bridgehead atoms. The molecule has 1 aliphatic heterocycles. The van der Waals surface area contributed by atoms with Gasteiger partial charge in [0.1, 0.15) is 5.75 Å². The Bertz CT molecular complexity index is 724. The number of carbonyl (C=O) groups is 1. The van der Waals surface area contributed by atoms with Crippen LogP contribution in [0.4, 0.5) is 10.5 Å². The highest BCUT2D eigenvalue weighted by molar-refractivity contribution is 5.91. The molecule has 2 aromatic rings. The van der Waals surface area contributed by atoms with Crippen molar-refractivity contribution in [2.75, 3.05) is 25.0 Å². The van der Waals surface area contributed by atoms with Gasteiger partial charge in [-0.1, -0.05) is 24.3 Å². The monoisotopic (exact) mass is 340 g/mol. The van der Waals surface area contributed by atoms with E-state index in [0.717, 1.165) is 24.2 Å². The molecule has 2 aromatic carbocycles. The molecule has 0 aliphatic carbocycles. The fourth-order valence-corrected chi connectivity index (χ4v) is 2.98. The SMILES string of the molecule is Cc1cccc(Oc2ccccc2NC(=O)N2CCC(CO)CC2)c1. The van der Waals surface area contributed by atoms with Gasteiger partial charge in [-0.05, 0) is 55.5 Å². The normalized spacial score (nSPS) is 15.0. The van der Waals surface area contributed by atoms with Gasteiger partial charge in [-0.15, -0.1) is 0 Å². The Morgan fingerprint density at radius 3 is 2.68 bits per heavy atom. The summed E-state index contributed by atoms with van der Waals surface area (Å²) in [5.74, 6) is 1.66. The first-order valence-corrected chi connectivity index (χ1v) is 8.66. The number of amides is 2. The summed E-state index contributed by atoms with van der Waals surface area (Å²) in [5.41, 5.74) is 1.77. The predicted molar refractivity (Wildman–Crippen MR) is 98.1 cm³/mol. The number of anilines is 1. The number of hydrogen-bond acceptors (Lipinski definition) is 3. The number of aryl methyl sites for hydroxylation is 1. The zero-order valence-corrected chi connectivity index (χ0v) is 14.4. The lowest BCUT2D eigenvalue weighted by atomic mass is 9.98. The molecule has 2 N–H and O–H groups in total. The second-order valence-electron chi connectivity index (χ2n) is 6.46. The Labute approximate surface area is 148 Å². The number of urea groups is 1. The van der Waals surface area contributed by atoms with Gasteiger partial charge in [-0.2, -0.15) is 0 Å². The summed E-state index contributed by atoms with van der Waals surface area (Å²) in [6.45, 7) is 3.54. The Kier molecular flexibility index (Phi) is 5.56. The van der Waals surface area contributed by atoms with E-state index in [9.17, 15) is 9.90 Å². The van der Waals surface area contributed by atoms with E-state index in [1.807, 2.05) is 55.5 Å². The average molecular weight is 340 g/mol. The van der Waals surface area contributed by atoms with Gasteiger partial charge >= 0.3 is 6.03 Å². The fraction of sp³-hybridized carbons (Fsp3) is 0.350. The molecule has 2 amide bonds. The minimum Gasteiger partial charge on any atom is -0.455 e. The third-order valence-corrected chi connectivity index (χ3v) is 4.51. The number of aliphatic hydroxyl groups excluding tert-OH is 1. The van der Waals surface area contributed by atoms with E-state index in [-0.39, 0.29) is 12.6 Å². The number of nitrogens with zero attached hydrogens (tertiary/aromatic N) is 1. The van der Waals surface area contributed by atoms with Crippen LogP contribution in [0.1, 0.15) is 18.4 Å². The van der Waals surface area contributed by atoms with Gasteiger partial charge in [0.15, 0.2) is 5.75 Å². The minimum atomic E-state index is -0.128. The highest BCUT2D eigenvalue weighted by Gasteiger charge is 2.22. The van der Waals surface area contributed by atoms with Gasteiger partial charge in [0.2, 0.25) is 0 Å². The molecule has 0 saturated carbocycles. The zero-order chi connectivity index (χ0) is 17.6. The highest BCUT2D eigenvalue weighted by atomic mass is 16.5. The number of likely N-dealkylation sites (tertiary alicyclic amines) is 1. The number of nitrogens with one attached hydrogen (secondary N) is 1. The Balaban J connectivity index is 1.67. The van der Waals surface area contributed by atoms with Crippen LogP contribution in [0.3, 0.4) is 0 Å². The second-order valence-corrected chi connectivity index (χ2v) is 6.46. The molecular formula is C20H24N2O3. The molecule has 1 heterocycles. The summed E-state index contributed by atoms with van der Waals surface area (Å²) in [5, 5.41) is 12.2. The van der Waals surface area contributed by atoms with Crippen molar-refractivity contribution in [2.45, 2.75) is 19.8 Å². The van der Waals surface area contributed by atoms with Gasteiger partial charge in [0, 0.05) is 19.7 Å². The molecule has 0 spiro atoms. The summed E-state index contributed by atoms with van der Waals surface area (Å²) >= 11 is 0. The van der Waals surface area contributed by atoms with Crippen LogP contribution in [0.2, 0.25) is 0 Å². The summed E-state index contributed by atoms with van der Waals surface area (Å²) in [7, 11) is 0. The van der Waals surface area contributed by atoms with Gasteiger partial charge in [0.25, 0.3) is 0 Å². The van der Waals surface area contributed by atoms with Crippen LogP contribution in [0.15, 0.2) is 48.5 Å². The lowest BCUT2D eigenvalue weighted by Crippen LogP contribution is -2.41. The lowest BCUT2D eigenvalue weighted by Gasteiger charge is -2.31. The number of rotatable bonds is 4. The van der Waals surface area contributed by atoms with Crippen molar-refractivity contribution in [1.82, 2.24) is 4.90 Å². The topological polar surface area (TPSA) is 61.8 Å². The number of para-hydroxylation sites is 2. The van der Waals surface area contributed by atoms with Gasteiger partial charge in [-0.3, -0.25) is 0 Å². The number of hydrogen-bond donors (Lipinski definition) is 2. The van der Waals surface area contributed by atoms with Crippen molar-refractivity contribution < 1.29 is 14.6 Å². The fourth-order valence-electron chi connectivity index (χ4n) is 2.98. The number of piperidine rings is 1. The van der Waals surface area contributed by atoms with Crippen molar-refractivity contribution in [3.05, 3.63) is 54.1 Å². The van der Waals surface area contributed by atoms with Crippen LogP contribution in [0.5, 0.6) is 11.5 Å². The minimum absolute atomic E-state index is 0.128. The molecule has 25 heavy (non-hydrogen) atoms. The van der Waals surface area contributed by atoms with Crippen LogP contribution in [-0.2, 0) is 0 Å². The molecule has 3 rings (SSSR count). The molecule has 1 aliphatic rings. The van der Waals surface area contributed by atoms with Crippen molar-refractivity contribution in [3.8, 4) is 11.5 Å². The van der Waals surface area contributed by atoms with Crippen molar-refractivity contribution in [1.29, 1.82) is 0 Å². The molecule has 5 heteroatoms. The number of benzene rings is 2. The van der Waals surface area contributed by atoms with E-state index in [0.29, 0.717) is 30.4 Å². The first kappa shape index (κ1) is 17.3. The Morgan fingerprint density at radius 2 is 1.96 bits per heavy atom. The van der Waals surface area contributed by atoms with Crippen molar-refractivity contribution in [3.63, 3.8) is 0 Å². The van der Waals surface area contributed by atoms with Crippen LogP contribution in [0.25, 0.3) is 0 Å². The van der Waals surface area contributed by atoms with E-state index in [1.54, 1.807) is 4.90 Å². The molecule has 0 aromatic heterocycles. The van der Waals surface area contributed by atoms with E-state index in [2.05, 4.69) is 5.32 Å². The molecule has 1 saturated heterocycles. The van der Waals surface area contributed by atoms with E-state index >= 15 is 0 Å². The van der Waals surface area contributed by atoms with Crippen molar-refractivity contribution >= 4 is 11.7 Å². The number of carbonyl (C=O) groups excluding carboxylic acids is 1. The molecule has 0 atom stereocenters. The predicted octanol–water partition coefficient (Wildman–Crippen LogP) is 4.02. The molecule has 0 radical (unpaired) electrons. The van der Waals surface area contributed by atoms with Crippen LogP contribution in [0, 0.1) is 12.8 Å². The first-order valence-electron chi connectivity index (χ1n) is 8.66. The summed E-state index contributed by atoms with van der Waals surface area (Å²) < 4.78 is 5.95. The molecule has 132 valence electrons. The third-order valence-electron chi connectivity index (χ3n) is 4.51. The van der Waals surface area contributed by atoms with Crippen LogP contribution >= 0.6 is 0 Å². The maximum absolute atomic E-state index is 12.5.